The molecule has 0 aliphatic carbocycles. The number of nitrogens with zero attached hydrogens (tertiary/aromatic N) is 1. The molecule has 16 heavy (non-hydrogen) atoms. The van der Waals surface area contributed by atoms with Crippen molar-refractivity contribution in [2.45, 2.75) is 33.8 Å². The number of ketones is 1. The molecule has 0 spiro atoms. The number of Topliss-reactive ketones (excluding diaryl/α,β-unsaturated/α-hetero) is 1. The Balaban J connectivity index is 2.90. The Morgan fingerprint density at radius 2 is 2.12 bits per heavy atom. The largest absolute Gasteiger partial charge is 0.370 e. The number of aromatic nitrogens is 1. The number of hydrogen-bond donors (Lipinski definition) is 0. The van der Waals surface area contributed by atoms with Crippen molar-refractivity contribution in [2.24, 2.45) is 5.92 Å². The third kappa shape index (κ3) is 3.14. The van der Waals surface area contributed by atoms with E-state index >= 15 is 0 Å². The molecule has 1 atom stereocenters. The van der Waals surface area contributed by atoms with Crippen LogP contribution < -0.4 is 0 Å². The summed E-state index contributed by atoms with van der Waals surface area (Å²) in [6.45, 7) is 8.35. The number of carbonyl (C=O) groups is 1. The molecule has 88 valence electrons. The predicted octanol–water partition coefficient (Wildman–Crippen LogP) is 2.63. The third-order valence-corrected chi connectivity index (χ3v) is 2.37. The smallest absolute Gasteiger partial charge is 0.193 e. The van der Waals surface area contributed by atoms with Crippen LogP contribution in [0.5, 0.6) is 0 Å². The average Bonchev–Trinajstić information content (AvgIpc) is 2.24. The van der Waals surface area contributed by atoms with E-state index in [9.17, 15) is 4.79 Å². The number of ether oxygens (including phenoxy) is 1. The lowest BCUT2D eigenvalue weighted by Gasteiger charge is -2.19. The summed E-state index contributed by atoms with van der Waals surface area (Å²) in [6, 6.07) is 1.85. The molecule has 0 fully saturated rings. The quantitative estimate of drug-likeness (QED) is 0.717. The van der Waals surface area contributed by atoms with E-state index in [1.54, 1.807) is 12.4 Å². The first-order valence-electron chi connectivity index (χ1n) is 5.63. The molecule has 1 heterocycles. The fourth-order valence-electron chi connectivity index (χ4n) is 1.60. The number of carbonyl (C=O) groups excluding carboxylic acids is 1. The molecule has 0 amide bonds. The van der Waals surface area contributed by atoms with Gasteiger partial charge in [0, 0.05) is 24.6 Å². The Morgan fingerprint density at radius 3 is 2.62 bits per heavy atom. The van der Waals surface area contributed by atoms with Gasteiger partial charge in [0.05, 0.1) is 0 Å². The van der Waals surface area contributed by atoms with Crippen molar-refractivity contribution >= 4 is 5.78 Å². The number of hydrogen-bond acceptors (Lipinski definition) is 3. The van der Waals surface area contributed by atoms with Crippen LogP contribution in [0.25, 0.3) is 0 Å². The first kappa shape index (κ1) is 12.8. The highest BCUT2D eigenvalue weighted by molar-refractivity contribution is 5.99. The van der Waals surface area contributed by atoms with Crippen LogP contribution in [0, 0.1) is 12.8 Å². The Hall–Kier alpha value is -1.22. The molecule has 0 bridgehead atoms. The molecule has 0 saturated heterocycles. The van der Waals surface area contributed by atoms with Gasteiger partial charge in [-0.25, -0.2) is 0 Å². The molecule has 1 unspecified atom stereocenters. The van der Waals surface area contributed by atoms with Crippen molar-refractivity contribution in [1.29, 1.82) is 0 Å². The monoisotopic (exact) mass is 221 g/mol. The SMILES string of the molecule is CCOC(C(=O)c1cncc(C)c1)C(C)C. The van der Waals surface area contributed by atoms with Crippen LogP contribution in [0.1, 0.15) is 36.7 Å². The van der Waals surface area contributed by atoms with E-state index in [-0.39, 0.29) is 17.8 Å². The maximum Gasteiger partial charge on any atom is 0.193 e. The maximum atomic E-state index is 12.2. The molecular weight excluding hydrogens is 202 g/mol. The van der Waals surface area contributed by atoms with Crippen LogP contribution in [0.15, 0.2) is 18.5 Å². The predicted molar refractivity (Wildman–Crippen MR) is 63.6 cm³/mol. The van der Waals surface area contributed by atoms with Crippen molar-refractivity contribution in [3.63, 3.8) is 0 Å². The molecule has 1 aromatic rings. The van der Waals surface area contributed by atoms with Crippen molar-refractivity contribution < 1.29 is 9.53 Å². The summed E-state index contributed by atoms with van der Waals surface area (Å²) in [6.07, 6.45) is 2.97. The van der Waals surface area contributed by atoms with E-state index in [0.29, 0.717) is 12.2 Å². The van der Waals surface area contributed by atoms with E-state index in [1.807, 2.05) is 33.8 Å². The Bertz CT molecular complexity index is 361. The van der Waals surface area contributed by atoms with Gasteiger partial charge in [-0.05, 0) is 31.4 Å². The molecule has 3 heteroatoms. The molecule has 3 nitrogen and oxygen atoms in total. The van der Waals surface area contributed by atoms with E-state index in [4.69, 9.17) is 4.74 Å². The van der Waals surface area contributed by atoms with Gasteiger partial charge in [0.15, 0.2) is 5.78 Å². The first-order valence-corrected chi connectivity index (χ1v) is 5.63. The van der Waals surface area contributed by atoms with Gasteiger partial charge in [0.1, 0.15) is 6.10 Å². The molecule has 1 rings (SSSR count). The zero-order chi connectivity index (χ0) is 12.1. The highest BCUT2D eigenvalue weighted by Crippen LogP contribution is 2.14. The number of pyridine rings is 1. The van der Waals surface area contributed by atoms with Crippen molar-refractivity contribution in [3.8, 4) is 0 Å². The molecule has 0 radical (unpaired) electrons. The summed E-state index contributed by atoms with van der Waals surface area (Å²) in [5.41, 5.74) is 1.62. The summed E-state index contributed by atoms with van der Waals surface area (Å²) in [5.74, 6) is 0.195. The lowest BCUT2D eigenvalue weighted by atomic mass is 9.98. The number of aryl methyl sites for hydroxylation is 1. The minimum Gasteiger partial charge on any atom is -0.370 e. The average molecular weight is 221 g/mol. The van der Waals surface area contributed by atoms with E-state index in [0.717, 1.165) is 5.56 Å². The molecule has 1 aromatic heterocycles. The number of rotatable bonds is 5. The Kier molecular flexibility index (Phi) is 4.62. The third-order valence-electron chi connectivity index (χ3n) is 2.37. The molecular formula is C13H19NO2. The van der Waals surface area contributed by atoms with Crippen LogP contribution in [-0.4, -0.2) is 23.5 Å². The van der Waals surface area contributed by atoms with Crippen molar-refractivity contribution in [1.82, 2.24) is 4.98 Å². The van der Waals surface area contributed by atoms with Crippen LogP contribution >= 0.6 is 0 Å². The summed E-state index contributed by atoms with van der Waals surface area (Å²) < 4.78 is 5.48. The second-order valence-corrected chi connectivity index (χ2v) is 4.24. The standard InChI is InChI=1S/C13H19NO2/c1-5-16-13(9(2)3)12(15)11-6-10(4)7-14-8-11/h6-9,13H,5H2,1-4H3. The molecule has 0 N–H and O–H groups in total. The lowest BCUT2D eigenvalue weighted by Crippen LogP contribution is -2.30. The minimum atomic E-state index is -0.367. The highest BCUT2D eigenvalue weighted by atomic mass is 16.5. The van der Waals surface area contributed by atoms with Gasteiger partial charge in [0.25, 0.3) is 0 Å². The molecule has 0 aliphatic heterocycles. The van der Waals surface area contributed by atoms with Crippen LogP contribution in [0.3, 0.4) is 0 Å². The Labute approximate surface area is 96.8 Å². The fourth-order valence-corrected chi connectivity index (χ4v) is 1.60. The maximum absolute atomic E-state index is 12.2. The van der Waals surface area contributed by atoms with Gasteiger partial charge in [-0.1, -0.05) is 13.8 Å². The zero-order valence-corrected chi connectivity index (χ0v) is 10.4. The molecule has 0 aliphatic rings. The van der Waals surface area contributed by atoms with Crippen LogP contribution in [-0.2, 0) is 4.74 Å². The highest BCUT2D eigenvalue weighted by Gasteiger charge is 2.23. The van der Waals surface area contributed by atoms with E-state index in [2.05, 4.69) is 4.98 Å². The van der Waals surface area contributed by atoms with Gasteiger partial charge in [-0.15, -0.1) is 0 Å². The normalized spacial score (nSPS) is 12.8. The van der Waals surface area contributed by atoms with Crippen molar-refractivity contribution in [3.05, 3.63) is 29.6 Å². The molecule has 0 aromatic carbocycles. The fraction of sp³-hybridized carbons (Fsp3) is 0.538. The van der Waals surface area contributed by atoms with Gasteiger partial charge < -0.3 is 4.74 Å². The lowest BCUT2D eigenvalue weighted by molar-refractivity contribution is 0.0279. The topological polar surface area (TPSA) is 39.2 Å². The van der Waals surface area contributed by atoms with Gasteiger partial charge in [-0.3, -0.25) is 9.78 Å². The first-order chi connectivity index (χ1) is 7.56. The van der Waals surface area contributed by atoms with Crippen LogP contribution in [0.2, 0.25) is 0 Å². The summed E-state index contributed by atoms with van der Waals surface area (Å²) in [5, 5.41) is 0. The minimum absolute atomic E-state index is 0.0213. The second kappa shape index (κ2) is 5.75. The Morgan fingerprint density at radius 1 is 1.44 bits per heavy atom. The zero-order valence-electron chi connectivity index (χ0n) is 10.4. The summed E-state index contributed by atoms with van der Waals surface area (Å²) in [4.78, 5) is 16.2. The van der Waals surface area contributed by atoms with Gasteiger partial charge >= 0.3 is 0 Å². The van der Waals surface area contributed by atoms with Crippen molar-refractivity contribution in [2.75, 3.05) is 6.61 Å². The van der Waals surface area contributed by atoms with Crippen LogP contribution in [0.4, 0.5) is 0 Å². The van der Waals surface area contributed by atoms with Gasteiger partial charge in [-0.2, -0.15) is 0 Å². The van der Waals surface area contributed by atoms with Gasteiger partial charge in [0.2, 0.25) is 0 Å². The molecule has 0 saturated carbocycles. The van der Waals surface area contributed by atoms with E-state index < -0.39 is 0 Å². The summed E-state index contributed by atoms with van der Waals surface area (Å²) >= 11 is 0. The summed E-state index contributed by atoms with van der Waals surface area (Å²) in [7, 11) is 0. The second-order valence-electron chi connectivity index (χ2n) is 4.24. The van der Waals surface area contributed by atoms with E-state index in [1.165, 1.54) is 0 Å².